The predicted molar refractivity (Wildman–Crippen MR) is 122 cm³/mol. The molecule has 6 heteroatoms. The zero-order valence-corrected chi connectivity index (χ0v) is 18.8. The Morgan fingerprint density at radius 2 is 1.68 bits per heavy atom. The maximum Gasteiger partial charge on any atom is 0.418 e. The van der Waals surface area contributed by atoms with Gasteiger partial charge < -0.3 is 10.1 Å². The van der Waals surface area contributed by atoms with Crippen molar-refractivity contribution < 1.29 is 19.1 Å². The first-order chi connectivity index (χ1) is 14.5. The number of ketones is 1. The molecule has 3 rings (SSSR count). The molecule has 2 aromatic carbocycles. The van der Waals surface area contributed by atoms with Crippen LogP contribution in [-0.2, 0) is 9.53 Å². The molecule has 0 spiro atoms. The highest BCUT2D eigenvalue weighted by Crippen LogP contribution is 2.27. The molecule has 1 heterocycles. The molecule has 162 valence electrons. The van der Waals surface area contributed by atoms with Gasteiger partial charge in [-0.05, 0) is 56.2 Å². The van der Waals surface area contributed by atoms with Crippen LogP contribution in [0, 0.1) is 19.3 Å². The minimum Gasteiger partial charge on any atom is -0.449 e. The maximum absolute atomic E-state index is 13.5. The first-order valence-electron chi connectivity index (χ1n) is 10.3. The highest BCUT2D eigenvalue weighted by molar-refractivity contribution is 6.15. The number of benzene rings is 2. The van der Waals surface area contributed by atoms with Crippen LogP contribution in [0.25, 0.3) is 10.9 Å². The molecular weight excluding hydrogens is 392 g/mol. The Labute approximate surface area is 182 Å². The molecule has 0 bridgehead atoms. The topological polar surface area (TPSA) is 77.4 Å². The van der Waals surface area contributed by atoms with Crippen LogP contribution < -0.4 is 5.32 Å². The van der Waals surface area contributed by atoms with E-state index in [0.29, 0.717) is 22.3 Å². The quantitative estimate of drug-likeness (QED) is 0.567. The fraction of sp³-hybridized carbons (Fsp3) is 0.320. The van der Waals surface area contributed by atoms with E-state index < -0.39 is 11.5 Å². The second-order valence-corrected chi connectivity index (χ2v) is 8.67. The molecule has 0 aliphatic carbocycles. The van der Waals surface area contributed by atoms with E-state index in [1.54, 1.807) is 43.5 Å². The maximum atomic E-state index is 13.5. The fourth-order valence-electron chi connectivity index (χ4n) is 3.19. The molecule has 1 N–H and O–H groups in total. The lowest BCUT2D eigenvalue weighted by atomic mass is 9.93. The Kier molecular flexibility index (Phi) is 6.02. The average Bonchev–Trinajstić information content (AvgIpc) is 3.12. The van der Waals surface area contributed by atoms with Gasteiger partial charge in [0, 0.05) is 28.1 Å². The number of hydrogen-bond acceptors (Lipinski definition) is 4. The normalized spacial score (nSPS) is 11.4. The van der Waals surface area contributed by atoms with Crippen LogP contribution in [0.2, 0.25) is 0 Å². The van der Waals surface area contributed by atoms with E-state index in [1.807, 2.05) is 40.7 Å². The van der Waals surface area contributed by atoms with Crippen LogP contribution in [0.5, 0.6) is 0 Å². The summed E-state index contributed by atoms with van der Waals surface area (Å²) in [5, 5.41) is 3.73. The van der Waals surface area contributed by atoms with Crippen LogP contribution in [0.1, 0.15) is 54.7 Å². The number of rotatable bonds is 4. The number of fused-ring (bicyclic) bond motifs is 1. The number of aromatic nitrogens is 1. The third-order valence-electron chi connectivity index (χ3n) is 5.23. The van der Waals surface area contributed by atoms with E-state index in [4.69, 9.17) is 4.74 Å². The molecule has 0 aliphatic rings. The zero-order valence-electron chi connectivity index (χ0n) is 18.8. The van der Waals surface area contributed by atoms with Crippen molar-refractivity contribution in [1.29, 1.82) is 0 Å². The van der Waals surface area contributed by atoms with Crippen molar-refractivity contribution in [3.8, 4) is 0 Å². The Bertz CT molecular complexity index is 1180. The van der Waals surface area contributed by atoms with Crippen LogP contribution in [-0.4, -0.2) is 29.0 Å². The molecule has 0 unspecified atom stereocenters. The molecular formula is C25H28N2O4. The molecule has 1 amide bonds. The summed E-state index contributed by atoms with van der Waals surface area (Å²) in [4.78, 5) is 38.3. The van der Waals surface area contributed by atoms with E-state index in [1.165, 1.54) is 4.57 Å². The molecule has 3 aromatic rings. The number of nitrogens with zero attached hydrogens (tertiary/aromatic N) is 1. The SMILES string of the molecule is CCOC(=O)n1ccc2ccc(C(=O)c3cc(C)c(C)cc3NC(=O)C(C)(C)C)cc21. The predicted octanol–water partition coefficient (Wildman–Crippen LogP) is 5.48. The van der Waals surface area contributed by atoms with Crippen molar-refractivity contribution in [3.63, 3.8) is 0 Å². The third-order valence-corrected chi connectivity index (χ3v) is 5.23. The number of amides is 1. The average molecular weight is 421 g/mol. The summed E-state index contributed by atoms with van der Waals surface area (Å²) in [5.41, 5.74) is 3.24. The summed E-state index contributed by atoms with van der Waals surface area (Å²) in [6, 6.07) is 10.6. The van der Waals surface area contributed by atoms with Gasteiger partial charge in [0.05, 0.1) is 17.8 Å². The van der Waals surface area contributed by atoms with E-state index in [9.17, 15) is 14.4 Å². The lowest BCUT2D eigenvalue weighted by Gasteiger charge is -2.20. The molecule has 0 saturated heterocycles. The van der Waals surface area contributed by atoms with Gasteiger partial charge in [0.25, 0.3) is 0 Å². The number of nitrogens with one attached hydrogen (secondary N) is 1. The second-order valence-electron chi connectivity index (χ2n) is 8.67. The van der Waals surface area contributed by atoms with Gasteiger partial charge in [-0.2, -0.15) is 0 Å². The van der Waals surface area contributed by atoms with Gasteiger partial charge in [0.2, 0.25) is 5.91 Å². The molecule has 6 nitrogen and oxygen atoms in total. The Balaban J connectivity index is 2.07. The highest BCUT2D eigenvalue weighted by Gasteiger charge is 2.24. The molecule has 31 heavy (non-hydrogen) atoms. The molecule has 1 aromatic heterocycles. The number of hydrogen-bond donors (Lipinski definition) is 1. The van der Waals surface area contributed by atoms with Crippen LogP contribution in [0.15, 0.2) is 42.6 Å². The highest BCUT2D eigenvalue weighted by atomic mass is 16.5. The molecule has 0 aliphatic heterocycles. The number of ether oxygens (including phenoxy) is 1. The molecule has 0 radical (unpaired) electrons. The number of carbonyl (C=O) groups is 3. The van der Waals surface area contributed by atoms with Gasteiger partial charge >= 0.3 is 6.09 Å². The Morgan fingerprint density at radius 1 is 1.00 bits per heavy atom. The van der Waals surface area contributed by atoms with Gasteiger partial charge in [-0.25, -0.2) is 4.79 Å². The Morgan fingerprint density at radius 3 is 2.32 bits per heavy atom. The van der Waals surface area contributed by atoms with Crippen molar-refractivity contribution in [2.45, 2.75) is 41.5 Å². The minimum absolute atomic E-state index is 0.170. The summed E-state index contributed by atoms with van der Waals surface area (Å²) < 4.78 is 6.48. The monoisotopic (exact) mass is 420 g/mol. The first-order valence-corrected chi connectivity index (χ1v) is 10.3. The lowest BCUT2D eigenvalue weighted by molar-refractivity contribution is -0.123. The Hall–Kier alpha value is -3.41. The zero-order chi connectivity index (χ0) is 22.9. The van der Waals surface area contributed by atoms with Crippen molar-refractivity contribution in [3.05, 3.63) is 64.8 Å². The van der Waals surface area contributed by atoms with E-state index in [2.05, 4.69) is 5.32 Å². The lowest BCUT2D eigenvalue weighted by Crippen LogP contribution is -2.28. The minimum atomic E-state index is -0.599. The van der Waals surface area contributed by atoms with Gasteiger partial charge in [-0.15, -0.1) is 0 Å². The third kappa shape index (κ3) is 4.53. The van der Waals surface area contributed by atoms with Gasteiger partial charge in [0.1, 0.15) is 0 Å². The van der Waals surface area contributed by atoms with Crippen LogP contribution in [0.4, 0.5) is 10.5 Å². The second kappa shape index (κ2) is 8.38. The van der Waals surface area contributed by atoms with E-state index in [0.717, 1.165) is 16.5 Å². The smallest absolute Gasteiger partial charge is 0.418 e. The number of aryl methyl sites for hydroxylation is 2. The van der Waals surface area contributed by atoms with Crippen LogP contribution in [0.3, 0.4) is 0 Å². The summed E-state index contributed by atoms with van der Waals surface area (Å²) in [6.45, 7) is 11.3. The fourth-order valence-corrected chi connectivity index (χ4v) is 3.19. The van der Waals surface area contributed by atoms with Crippen molar-refractivity contribution in [2.24, 2.45) is 5.41 Å². The largest absolute Gasteiger partial charge is 0.449 e. The van der Waals surface area contributed by atoms with Gasteiger partial charge in [0.15, 0.2) is 5.78 Å². The standard InChI is InChI=1S/C25H28N2O4/c1-7-31-24(30)27-11-10-17-8-9-18(14-21(17)27)22(28)19-12-15(2)16(3)13-20(19)26-23(29)25(4,5)6/h8-14H,7H2,1-6H3,(H,26,29). The van der Waals surface area contributed by atoms with Crippen molar-refractivity contribution in [2.75, 3.05) is 11.9 Å². The number of carbonyl (C=O) groups excluding carboxylic acids is 3. The van der Waals surface area contributed by atoms with Gasteiger partial charge in [-0.3, -0.25) is 14.2 Å². The van der Waals surface area contributed by atoms with Crippen LogP contribution >= 0.6 is 0 Å². The van der Waals surface area contributed by atoms with E-state index in [-0.39, 0.29) is 18.3 Å². The van der Waals surface area contributed by atoms with E-state index >= 15 is 0 Å². The molecule has 0 saturated carbocycles. The molecule has 0 fully saturated rings. The summed E-state index contributed by atoms with van der Waals surface area (Å²) in [7, 11) is 0. The number of anilines is 1. The first kappa shape index (κ1) is 22.3. The molecule has 0 atom stereocenters. The van der Waals surface area contributed by atoms with Gasteiger partial charge in [-0.1, -0.05) is 32.9 Å². The summed E-state index contributed by atoms with van der Waals surface area (Å²) in [5.74, 6) is -0.401. The van der Waals surface area contributed by atoms with Crippen molar-refractivity contribution >= 4 is 34.4 Å². The summed E-state index contributed by atoms with van der Waals surface area (Å²) in [6.07, 6.45) is 1.13. The van der Waals surface area contributed by atoms with Crippen molar-refractivity contribution in [1.82, 2.24) is 4.57 Å². The summed E-state index contributed by atoms with van der Waals surface area (Å²) >= 11 is 0.